The predicted octanol–water partition coefficient (Wildman–Crippen LogP) is 5.64. The van der Waals surface area contributed by atoms with Crippen LogP contribution in [0.15, 0.2) is 0 Å². The minimum absolute atomic E-state index is 0.229. The van der Waals surface area contributed by atoms with Crippen molar-refractivity contribution in [1.82, 2.24) is 0 Å². The van der Waals surface area contributed by atoms with Crippen molar-refractivity contribution in [2.24, 2.45) is 11.7 Å². The van der Waals surface area contributed by atoms with Gasteiger partial charge in [-0.3, -0.25) is 5.73 Å². The Labute approximate surface area is 144 Å². The average Bonchev–Trinajstić information content (AvgIpc) is 2.44. The summed E-state index contributed by atoms with van der Waals surface area (Å²) in [7, 11) is 0. The lowest BCUT2D eigenvalue weighted by Crippen LogP contribution is -2.76. The third kappa shape index (κ3) is 3.07. The van der Waals surface area contributed by atoms with Crippen molar-refractivity contribution >= 4 is 0 Å². The van der Waals surface area contributed by atoms with E-state index in [1.807, 2.05) is 0 Å². The maximum absolute atomic E-state index is 13.6. The fraction of sp³-hybridized carbons (Fsp3) is 1.00. The molecule has 170 valence electrons. The normalized spacial score (nSPS) is 18.4. The Bertz CT molecular complexity index is 572. The summed E-state index contributed by atoms with van der Waals surface area (Å²) in [4.78, 5) is 0. The first-order chi connectivity index (χ1) is 11.7. The smallest absolute Gasteiger partial charge is 0.294 e. The molecule has 0 aromatic carbocycles. The Kier molecular flexibility index (Phi) is 6.15. The Morgan fingerprint density at radius 3 is 0.857 bits per heavy atom. The Morgan fingerprint density at radius 2 is 0.643 bits per heavy atom. The van der Waals surface area contributed by atoms with E-state index in [0.717, 1.165) is 0 Å². The van der Waals surface area contributed by atoms with Gasteiger partial charge in [0.25, 0.3) is 0 Å². The maximum Gasteiger partial charge on any atom is 0.460 e. The summed E-state index contributed by atoms with van der Waals surface area (Å²) in [6.07, 6.45) is -7.69. The molecule has 0 saturated heterocycles. The lowest BCUT2D eigenvalue weighted by atomic mass is 9.84. The maximum atomic E-state index is 13.6. The molecule has 0 aromatic heterocycles. The molecule has 2 N–H and O–H groups in total. The van der Waals surface area contributed by atoms with E-state index in [0.29, 0.717) is 0 Å². The van der Waals surface area contributed by atoms with Gasteiger partial charge in [0.05, 0.1) is 0 Å². The van der Waals surface area contributed by atoms with Crippen LogP contribution < -0.4 is 5.73 Å². The molecular formula is C11H9F16N. The van der Waals surface area contributed by atoms with Crippen LogP contribution in [0.5, 0.6) is 0 Å². The van der Waals surface area contributed by atoms with Crippen LogP contribution in [-0.4, -0.2) is 47.5 Å². The molecule has 0 saturated carbocycles. The third-order valence-corrected chi connectivity index (χ3v) is 3.65. The zero-order chi connectivity index (χ0) is 23.6. The van der Waals surface area contributed by atoms with Gasteiger partial charge >= 0.3 is 41.7 Å². The summed E-state index contributed by atoms with van der Waals surface area (Å²) in [5.41, 5.74) is 4.04. The number of alkyl halides is 16. The van der Waals surface area contributed by atoms with E-state index in [4.69, 9.17) is 0 Å². The molecule has 0 aromatic rings. The molecule has 0 amide bonds. The molecule has 0 fully saturated rings. The largest absolute Gasteiger partial charge is 0.460 e. The van der Waals surface area contributed by atoms with E-state index in [1.54, 1.807) is 0 Å². The van der Waals surface area contributed by atoms with Gasteiger partial charge in [0.2, 0.25) is 5.79 Å². The van der Waals surface area contributed by atoms with E-state index in [2.05, 4.69) is 5.73 Å². The first-order valence-corrected chi connectivity index (χ1v) is 6.51. The Morgan fingerprint density at radius 1 is 0.429 bits per heavy atom. The second-order valence-electron chi connectivity index (χ2n) is 5.87. The highest BCUT2D eigenvalue weighted by Crippen LogP contribution is 2.63. The fourth-order valence-corrected chi connectivity index (χ4v) is 1.57. The molecule has 0 aliphatic carbocycles. The molecule has 17 heteroatoms. The SMILES string of the molecule is CC(C)C(N)(F)C(F)(F)C(F)(F)C(F)(F)C(F)(F)C(F)(F)C(F)(F)C(F)(F)F. The Hall–Kier alpha value is -1.16. The van der Waals surface area contributed by atoms with Gasteiger partial charge in [0.15, 0.2) is 0 Å². The standard InChI is InChI=1S/C11H9F16N/c1-3(2)4(12,28)5(13,14)6(15,16)7(17,18)8(19,20)9(21,22)10(23,24)11(25,26)27/h3H,28H2,1-2H3. The average molecular weight is 459 g/mol. The van der Waals surface area contributed by atoms with E-state index < -0.39 is 53.4 Å². The van der Waals surface area contributed by atoms with E-state index in [1.165, 1.54) is 0 Å². The highest BCUT2D eigenvalue weighted by molar-refractivity contribution is 5.15. The molecule has 0 radical (unpaired) electrons. The molecular weight excluding hydrogens is 450 g/mol. The molecule has 0 aliphatic heterocycles. The molecule has 0 bridgehead atoms. The zero-order valence-electron chi connectivity index (χ0n) is 13.2. The number of hydrogen-bond donors (Lipinski definition) is 1. The second-order valence-corrected chi connectivity index (χ2v) is 5.87. The fourth-order valence-electron chi connectivity index (χ4n) is 1.57. The summed E-state index contributed by atoms with van der Waals surface area (Å²) >= 11 is 0. The van der Waals surface area contributed by atoms with Gasteiger partial charge in [0.1, 0.15) is 0 Å². The molecule has 0 aliphatic rings. The van der Waals surface area contributed by atoms with Gasteiger partial charge in [-0.15, -0.1) is 0 Å². The van der Waals surface area contributed by atoms with E-state index >= 15 is 0 Å². The topological polar surface area (TPSA) is 26.0 Å². The van der Waals surface area contributed by atoms with Crippen molar-refractivity contribution in [1.29, 1.82) is 0 Å². The number of nitrogens with two attached hydrogens (primary N) is 1. The monoisotopic (exact) mass is 459 g/mol. The molecule has 1 nitrogen and oxygen atoms in total. The van der Waals surface area contributed by atoms with Crippen LogP contribution in [0.2, 0.25) is 0 Å². The lowest BCUT2D eigenvalue weighted by molar-refractivity contribution is -0.458. The minimum Gasteiger partial charge on any atom is -0.294 e. The van der Waals surface area contributed by atoms with Crippen molar-refractivity contribution in [3.05, 3.63) is 0 Å². The first kappa shape index (κ1) is 26.8. The molecule has 1 unspecified atom stereocenters. The number of rotatable bonds is 7. The van der Waals surface area contributed by atoms with Crippen LogP contribution in [0, 0.1) is 5.92 Å². The molecule has 0 rings (SSSR count). The summed E-state index contributed by atoms with van der Waals surface area (Å²) in [6, 6.07) is 0. The lowest BCUT2D eigenvalue weighted by Gasteiger charge is -2.44. The molecule has 0 spiro atoms. The quantitative estimate of drug-likeness (QED) is 0.387. The van der Waals surface area contributed by atoms with Gasteiger partial charge < -0.3 is 0 Å². The van der Waals surface area contributed by atoms with Crippen LogP contribution in [0.4, 0.5) is 70.2 Å². The summed E-state index contributed by atoms with van der Waals surface area (Å²) in [5.74, 6) is -56.2. The van der Waals surface area contributed by atoms with Gasteiger partial charge in [-0.2, -0.15) is 65.9 Å². The van der Waals surface area contributed by atoms with Crippen LogP contribution in [0.25, 0.3) is 0 Å². The third-order valence-electron chi connectivity index (χ3n) is 3.65. The van der Waals surface area contributed by atoms with Gasteiger partial charge in [-0.05, 0) is 0 Å². The van der Waals surface area contributed by atoms with E-state index in [9.17, 15) is 70.2 Å². The van der Waals surface area contributed by atoms with Crippen LogP contribution in [-0.2, 0) is 0 Å². The first-order valence-electron chi connectivity index (χ1n) is 6.51. The zero-order valence-corrected chi connectivity index (χ0v) is 13.2. The highest BCUT2D eigenvalue weighted by atomic mass is 19.4. The Balaban J connectivity index is 6.72. The van der Waals surface area contributed by atoms with Gasteiger partial charge in [-0.25, -0.2) is 4.39 Å². The highest BCUT2D eigenvalue weighted by Gasteiger charge is 2.94. The van der Waals surface area contributed by atoms with Gasteiger partial charge in [-0.1, -0.05) is 13.8 Å². The second kappa shape index (κ2) is 6.42. The minimum atomic E-state index is -8.46. The summed E-state index contributed by atoms with van der Waals surface area (Å²) in [6.45, 7) is 0.458. The number of halogens is 16. The van der Waals surface area contributed by atoms with Crippen LogP contribution in [0.3, 0.4) is 0 Å². The molecule has 28 heavy (non-hydrogen) atoms. The van der Waals surface area contributed by atoms with E-state index in [-0.39, 0.29) is 13.8 Å². The van der Waals surface area contributed by atoms with Crippen molar-refractivity contribution in [3.63, 3.8) is 0 Å². The summed E-state index contributed by atoms with van der Waals surface area (Å²) < 4.78 is 207. The molecule has 1 atom stereocenters. The predicted molar refractivity (Wildman–Crippen MR) is 58.6 cm³/mol. The van der Waals surface area contributed by atoms with Crippen molar-refractivity contribution in [3.8, 4) is 0 Å². The molecule has 0 heterocycles. The van der Waals surface area contributed by atoms with Crippen molar-refractivity contribution < 1.29 is 70.2 Å². The summed E-state index contributed by atoms with van der Waals surface area (Å²) in [5, 5.41) is 0. The number of hydrogen-bond acceptors (Lipinski definition) is 1. The van der Waals surface area contributed by atoms with Crippen molar-refractivity contribution in [2.75, 3.05) is 0 Å². The van der Waals surface area contributed by atoms with Crippen LogP contribution >= 0.6 is 0 Å². The van der Waals surface area contributed by atoms with Crippen LogP contribution in [0.1, 0.15) is 13.8 Å². The van der Waals surface area contributed by atoms with Crippen molar-refractivity contribution in [2.45, 2.75) is 61.4 Å². The van der Waals surface area contributed by atoms with Gasteiger partial charge in [0, 0.05) is 5.92 Å².